The molecule has 0 N–H and O–H groups in total. The van der Waals surface area contributed by atoms with Crippen LogP contribution < -0.4 is 0 Å². The largest absolute Gasteiger partial charge is 0.123 e. The second kappa shape index (κ2) is 5.24. The Balaban J connectivity index is 2.39. The normalized spacial score (nSPS) is 32.1. The summed E-state index contributed by atoms with van der Waals surface area (Å²) in [5.41, 5.74) is 0. The molecule has 1 heteroatoms. The van der Waals surface area contributed by atoms with E-state index in [1.165, 1.54) is 32.1 Å². The van der Waals surface area contributed by atoms with Crippen LogP contribution in [0.1, 0.15) is 52.9 Å². The summed E-state index contributed by atoms with van der Waals surface area (Å²) in [6.07, 6.45) is 6.69. The molecule has 0 heterocycles. The average Bonchev–Trinajstić information content (AvgIpc) is 2.03. The Kier molecular flexibility index (Phi) is 4.58. The predicted molar refractivity (Wildman–Crippen MR) is 60.2 cm³/mol. The number of alkyl halides is 1. The van der Waals surface area contributed by atoms with Gasteiger partial charge in [-0.3, -0.25) is 0 Å². The van der Waals surface area contributed by atoms with Crippen molar-refractivity contribution >= 4 is 11.6 Å². The molecule has 0 amide bonds. The minimum Gasteiger partial charge on any atom is -0.123 e. The number of halogens is 1. The van der Waals surface area contributed by atoms with Gasteiger partial charge in [0.05, 0.1) is 0 Å². The summed E-state index contributed by atoms with van der Waals surface area (Å²) in [6, 6.07) is 0. The van der Waals surface area contributed by atoms with Gasteiger partial charge in [0, 0.05) is 5.38 Å². The molecule has 0 spiro atoms. The molecule has 1 rings (SSSR count). The van der Waals surface area contributed by atoms with Crippen molar-refractivity contribution < 1.29 is 0 Å². The van der Waals surface area contributed by atoms with Gasteiger partial charge in [-0.2, -0.15) is 0 Å². The van der Waals surface area contributed by atoms with E-state index in [0.29, 0.717) is 5.38 Å². The molecule has 1 fully saturated rings. The molecule has 0 nitrogen and oxygen atoms in total. The Bertz CT molecular complexity index is 142. The molecule has 0 aromatic carbocycles. The van der Waals surface area contributed by atoms with Crippen LogP contribution >= 0.6 is 11.6 Å². The highest BCUT2D eigenvalue weighted by atomic mass is 35.5. The van der Waals surface area contributed by atoms with E-state index in [-0.39, 0.29) is 0 Å². The van der Waals surface area contributed by atoms with Crippen molar-refractivity contribution in [3.8, 4) is 0 Å². The molecular weight excluding hydrogens is 180 g/mol. The highest BCUT2D eigenvalue weighted by Gasteiger charge is 2.27. The Labute approximate surface area is 88.1 Å². The standard InChI is InChI=1S/C12H23Cl/c1-9(2)8-10(3)11-6-4-5-7-12(11)13/h9-12H,4-8H2,1-3H3. The van der Waals surface area contributed by atoms with Gasteiger partial charge in [0.25, 0.3) is 0 Å². The second-order valence-electron chi connectivity index (χ2n) is 5.07. The van der Waals surface area contributed by atoms with E-state index >= 15 is 0 Å². The fourth-order valence-corrected chi connectivity index (χ4v) is 3.20. The third-order valence-corrected chi connectivity index (χ3v) is 3.85. The van der Waals surface area contributed by atoms with Crippen molar-refractivity contribution in [1.82, 2.24) is 0 Å². The van der Waals surface area contributed by atoms with Gasteiger partial charge in [0.1, 0.15) is 0 Å². The van der Waals surface area contributed by atoms with Gasteiger partial charge in [-0.25, -0.2) is 0 Å². The van der Waals surface area contributed by atoms with E-state index in [1.54, 1.807) is 0 Å². The average molecular weight is 203 g/mol. The summed E-state index contributed by atoms with van der Waals surface area (Å²) in [5.74, 6) is 2.43. The summed E-state index contributed by atoms with van der Waals surface area (Å²) in [4.78, 5) is 0. The quantitative estimate of drug-likeness (QED) is 0.593. The monoisotopic (exact) mass is 202 g/mol. The van der Waals surface area contributed by atoms with Crippen molar-refractivity contribution in [3.05, 3.63) is 0 Å². The summed E-state index contributed by atoms with van der Waals surface area (Å²) in [5, 5.41) is 0.461. The Hall–Kier alpha value is 0.290. The molecule has 13 heavy (non-hydrogen) atoms. The van der Waals surface area contributed by atoms with Crippen molar-refractivity contribution in [2.24, 2.45) is 17.8 Å². The van der Waals surface area contributed by atoms with Gasteiger partial charge in [-0.15, -0.1) is 11.6 Å². The van der Waals surface area contributed by atoms with E-state index < -0.39 is 0 Å². The summed E-state index contributed by atoms with van der Waals surface area (Å²) < 4.78 is 0. The van der Waals surface area contributed by atoms with Gasteiger partial charge >= 0.3 is 0 Å². The molecule has 0 aromatic heterocycles. The lowest BCUT2D eigenvalue weighted by Crippen LogP contribution is -2.26. The van der Waals surface area contributed by atoms with E-state index in [4.69, 9.17) is 11.6 Å². The first-order chi connectivity index (χ1) is 6.11. The van der Waals surface area contributed by atoms with Crippen molar-refractivity contribution in [3.63, 3.8) is 0 Å². The molecule has 0 saturated heterocycles. The first kappa shape index (κ1) is 11.4. The first-order valence-corrected chi connectivity index (χ1v) is 6.19. The molecule has 0 radical (unpaired) electrons. The minimum atomic E-state index is 0.461. The lowest BCUT2D eigenvalue weighted by atomic mass is 9.77. The van der Waals surface area contributed by atoms with E-state index in [0.717, 1.165) is 17.8 Å². The molecule has 1 aliphatic rings. The molecule has 0 aromatic rings. The van der Waals surface area contributed by atoms with Gasteiger partial charge in [-0.05, 0) is 37.0 Å². The lowest BCUT2D eigenvalue weighted by molar-refractivity contribution is 0.239. The predicted octanol–water partition coefficient (Wildman–Crippen LogP) is 4.47. The zero-order valence-corrected chi connectivity index (χ0v) is 9.98. The Morgan fingerprint density at radius 1 is 1.15 bits per heavy atom. The van der Waals surface area contributed by atoms with Crippen LogP contribution in [0.4, 0.5) is 0 Å². The summed E-state index contributed by atoms with van der Waals surface area (Å²) in [6.45, 7) is 7.00. The van der Waals surface area contributed by atoms with Crippen LogP contribution in [0.15, 0.2) is 0 Å². The fraction of sp³-hybridized carbons (Fsp3) is 1.00. The highest BCUT2D eigenvalue weighted by Crippen LogP contribution is 2.36. The third kappa shape index (κ3) is 3.50. The van der Waals surface area contributed by atoms with Gasteiger partial charge in [0.15, 0.2) is 0 Å². The van der Waals surface area contributed by atoms with Crippen LogP contribution in [-0.4, -0.2) is 5.38 Å². The van der Waals surface area contributed by atoms with Crippen LogP contribution in [0.25, 0.3) is 0 Å². The van der Waals surface area contributed by atoms with Crippen LogP contribution in [0.5, 0.6) is 0 Å². The second-order valence-corrected chi connectivity index (χ2v) is 5.63. The Morgan fingerprint density at radius 3 is 2.31 bits per heavy atom. The lowest BCUT2D eigenvalue weighted by Gasteiger charge is -2.32. The van der Waals surface area contributed by atoms with Crippen molar-refractivity contribution in [1.29, 1.82) is 0 Å². The van der Waals surface area contributed by atoms with Crippen molar-refractivity contribution in [2.45, 2.75) is 58.3 Å². The molecule has 78 valence electrons. The zero-order valence-electron chi connectivity index (χ0n) is 9.22. The summed E-state index contributed by atoms with van der Waals surface area (Å²) in [7, 11) is 0. The molecule has 3 atom stereocenters. The fourth-order valence-electron chi connectivity index (χ4n) is 2.67. The topological polar surface area (TPSA) is 0 Å². The molecule has 1 aliphatic carbocycles. The maximum Gasteiger partial charge on any atom is 0.0366 e. The van der Waals surface area contributed by atoms with E-state index in [9.17, 15) is 0 Å². The van der Waals surface area contributed by atoms with Gasteiger partial charge < -0.3 is 0 Å². The van der Waals surface area contributed by atoms with Crippen molar-refractivity contribution in [2.75, 3.05) is 0 Å². The van der Waals surface area contributed by atoms with E-state index in [2.05, 4.69) is 20.8 Å². The third-order valence-electron chi connectivity index (χ3n) is 3.31. The van der Waals surface area contributed by atoms with Crippen LogP contribution in [0, 0.1) is 17.8 Å². The molecule has 3 unspecified atom stereocenters. The Morgan fingerprint density at radius 2 is 1.77 bits per heavy atom. The smallest absolute Gasteiger partial charge is 0.0366 e. The van der Waals surface area contributed by atoms with E-state index in [1.807, 2.05) is 0 Å². The minimum absolute atomic E-state index is 0.461. The molecule has 0 bridgehead atoms. The molecule has 0 aliphatic heterocycles. The zero-order chi connectivity index (χ0) is 9.84. The molecular formula is C12H23Cl. The maximum atomic E-state index is 6.36. The van der Waals surface area contributed by atoms with Crippen LogP contribution in [0.3, 0.4) is 0 Å². The molecule has 1 saturated carbocycles. The highest BCUT2D eigenvalue weighted by molar-refractivity contribution is 6.20. The van der Waals surface area contributed by atoms with Crippen LogP contribution in [-0.2, 0) is 0 Å². The summed E-state index contributed by atoms with van der Waals surface area (Å²) >= 11 is 6.36. The van der Waals surface area contributed by atoms with Crippen LogP contribution in [0.2, 0.25) is 0 Å². The number of hydrogen-bond donors (Lipinski definition) is 0. The van der Waals surface area contributed by atoms with Gasteiger partial charge in [0.2, 0.25) is 0 Å². The SMILES string of the molecule is CC(C)CC(C)C1CCCCC1Cl. The number of hydrogen-bond acceptors (Lipinski definition) is 0. The number of rotatable bonds is 3. The van der Waals surface area contributed by atoms with Gasteiger partial charge in [-0.1, -0.05) is 33.6 Å². The first-order valence-electron chi connectivity index (χ1n) is 5.75. The maximum absolute atomic E-state index is 6.36.